The van der Waals surface area contributed by atoms with Crippen LogP contribution in [-0.4, -0.2) is 45.4 Å². The third-order valence-electron chi connectivity index (χ3n) is 4.35. The summed E-state index contributed by atoms with van der Waals surface area (Å²) in [7, 11) is 1.52. The van der Waals surface area contributed by atoms with Crippen LogP contribution < -0.4 is 19.5 Å². The molecule has 0 aliphatic heterocycles. The van der Waals surface area contributed by atoms with Gasteiger partial charge in [-0.2, -0.15) is 5.26 Å². The van der Waals surface area contributed by atoms with E-state index in [1.165, 1.54) is 19.3 Å². The van der Waals surface area contributed by atoms with Crippen LogP contribution in [0.2, 0.25) is 0 Å². The maximum atomic E-state index is 12.2. The topological polar surface area (TPSA) is 107 Å². The number of rotatable bonds is 12. The zero-order valence-corrected chi connectivity index (χ0v) is 19.5. The standard InChI is InChI=1S/C26H28N2O6/c1-4-32-23-12-8-20(17-24(23)33-5-2)9-13-25(29)34-22-10-6-19(7-11-22)16-21(18-27)26(30)28-14-15-31-3/h6-13,16-17H,4-5,14-15H2,1-3H3,(H,28,30)/b13-9+,21-16+. The Bertz CT molecular complexity index is 1070. The smallest absolute Gasteiger partial charge is 0.336 e. The number of nitrogens with one attached hydrogen (secondary N) is 1. The second-order valence-corrected chi connectivity index (χ2v) is 6.81. The average Bonchev–Trinajstić information content (AvgIpc) is 2.84. The SMILES string of the molecule is CCOc1ccc(/C=C/C(=O)Oc2ccc(/C=C(\C#N)C(=O)NCCOC)cc2)cc1OCC. The fourth-order valence-corrected chi connectivity index (χ4v) is 2.80. The van der Waals surface area contributed by atoms with Crippen LogP contribution in [0.25, 0.3) is 12.2 Å². The molecule has 0 unspecified atom stereocenters. The Labute approximate surface area is 199 Å². The Morgan fingerprint density at radius 1 is 1.00 bits per heavy atom. The summed E-state index contributed by atoms with van der Waals surface area (Å²) in [5.41, 5.74) is 1.34. The van der Waals surface area contributed by atoms with Gasteiger partial charge in [-0.1, -0.05) is 18.2 Å². The Balaban J connectivity index is 2.00. The molecule has 0 aromatic heterocycles. The molecule has 1 N–H and O–H groups in total. The first-order valence-electron chi connectivity index (χ1n) is 10.8. The molecule has 0 saturated heterocycles. The van der Waals surface area contributed by atoms with Gasteiger partial charge in [0.15, 0.2) is 11.5 Å². The summed E-state index contributed by atoms with van der Waals surface area (Å²) in [6.45, 7) is 5.46. The molecule has 8 nitrogen and oxygen atoms in total. The molecule has 34 heavy (non-hydrogen) atoms. The Morgan fingerprint density at radius 3 is 2.32 bits per heavy atom. The van der Waals surface area contributed by atoms with Gasteiger partial charge >= 0.3 is 5.97 Å². The van der Waals surface area contributed by atoms with Crippen LogP contribution in [0.15, 0.2) is 54.1 Å². The fourth-order valence-electron chi connectivity index (χ4n) is 2.80. The molecule has 8 heteroatoms. The molecule has 2 rings (SSSR count). The van der Waals surface area contributed by atoms with Crippen molar-refractivity contribution in [2.45, 2.75) is 13.8 Å². The van der Waals surface area contributed by atoms with Crippen LogP contribution in [0.1, 0.15) is 25.0 Å². The van der Waals surface area contributed by atoms with Gasteiger partial charge in [0, 0.05) is 19.7 Å². The third-order valence-corrected chi connectivity index (χ3v) is 4.35. The maximum absolute atomic E-state index is 12.2. The zero-order valence-electron chi connectivity index (χ0n) is 19.5. The van der Waals surface area contributed by atoms with Crippen LogP contribution in [0.3, 0.4) is 0 Å². The summed E-state index contributed by atoms with van der Waals surface area (Å²) in [6, 6.07) is 13.7. The summed E-state index contributed by atoms with van der Waals surface area (Å²) in [5.74, 6) is 0.543. The number of carbonyl (C=O) groups is 2. The number of methoxy groups -OCH3 is 1. The van der Waals surface area contributed by atoms with Crippen molar-refractivity contribution < 1.29 is 28.5 Å². The van der Waals surface area contributed by atoms with Crippen LogP contribution in [-0.2, 0) is 14.3 Å². The number of benzene rings is 2. The molecule has 0 atom stereocenters. The molecule has 0 aliphatic rings. The van der Waals surface area contributed by atoms with Crippen LogP contribution in [0.4, 0.5) is 0 Å². The van der Waals surface area contributed by atoms with Gasteiger partial charge in [-0.15, -0.1) is 0 Å². The molecule has 1 amide bonds. The summed E-state index contributed by atoms with van der Waals surface area (Å²) < 4.78 is 21.3. The monoisotopic (exact) mass is 464 g/mol. The zero-order chi connectivity index (χ0) is 24.8. The summed E-state index contributed by atoms with van der Waals surface area (Å²) in [6.07, 6.45) is 4.39. The highest BCUT2D eigenvalue weighted by Crippen LogP contribution is 2.29. The third kappa shape index (κ3) is 8.45. The molecule has 178 valence electrons. The average molecular weight is 465 g/mol. The van der Waals surface area contributed by atoms with E-state index in [-0.39, 0.29) is 5.57 Å². The number of hydrogen-bond acceptors (Lipinski definition) is 7. The predicted molar refractivity (Wildman–Crippen MR) is 128 cm³/mol. The van der Waals surface area contributed by atoms with Crippen molar-refractivity contribution in [2.24, 2.45) is 0 Å². The first kappa shape index (κ1) is 26.2. The second-order valence-electron chi connectivity index (χ2n) is 6.81. The van der Waals surface area contributed by atoms with Crippen molar-refractivity contribution in [3.63, 3.8) is 0 Å². The van der Waals surface area contributed by atoms with Gasteiger partial charge in [0.2, 0.25) is 0 Å². The van der Waals surface area contributed by atoms with E-state index in [0.29, 0.717) is 49.2 Å². The van der Waals surface area contributed by atoms with E-state index in [4.69, 9.17) is 18.9 Å². The molecule has 0 aliphatic carbocycles. The van der Waals surface area contributed by atoms with Crippen molar-refractivity contribution in [1.29, 1.82) is 5.26 Å². The Morgan fingerprint density at radius 2 is 1.68 bits per heavy atom. The van der Waals surface area contributed by atoms with Crippen molar-refractivity contribution >= 4 is 24.0 Å². The van der Waals surface area contributed by atoms with Gasteiger partial charge in [-0.05, 0) is 61.4 Å². The summed E-state index contributed by atoms with van der Waals surface area (Å²) in [5, 5.41) is 11.8. The number of ether oxygens (including phenoxy) is 4. The molecule has 0 bridgehead atoms. The lowest BCUT2D eigenvalue weighted by molar-refractivity contribution is -0.128. The molecular formula is C26H28N2O6. The van der Waals surface area contributed by atoms with Crippen LogP contribution in [0, 0.1) is 11.3 Å². The highest BCUT2D eigenvalue weighted by Gasteiger charge is 2.09. The van der Waals surface area contributed by atoms with Crippen molar-refractivity contribution in [3.05, 3.63) is 65.2 Å². The van der Waals surface area contributed by atoms with Gasteiger partial charge < -0.3 is 24.3 Å². The highest BCUT2D eigenvalue weighted by atomic mass is 16.5. The quantitative estimate of drug-likeness (QED) is 0.167. The lowest BCUT2D eigenvalue weighted by atomic mass is 10.1. The number of nitrogens with zero attached hydrogens (tertiary/aromatic N) is 1. The second kappa shape index (κ2) is 14.1. The van der Waals surface area contributed by atoms with Gasteiger partial charge in [0.1, 0.15) is 17.4 Å². The van der Waals surface area contributed by atoms with Crippen molar-refractivity contribution in [2.75, 3.05) is 33.5 Å². The van der Waals surface area contributed by atoms with Crippen molar-refractivity contribution in [3.8, 4) is 23.3 Å². The van der Waals surface area contributed by atoms with Gasteiger partial charge in [-0.3, -0.25) is 4.79 Å². The molecular weight excluding hydrogens is 436 g/mol. The Hall–Kier alpha value is -4.09. The number of hydrogen-bond donors (Lipinski definition) is 1. The van der Waals surface area contributed by atoms with E-state index in [1.807, 2.05) is 26.0 Å². The molecule has 0 heterocycles. The molecule has 2 aromatic rings. The lowest BCUT2D eigenvalue weighted by Crippen LogP contribution is -2.27. The largest absolute Gasteiger partial charge is 0.490 e. The molecule has 0 radical (unpaired) electrons. The van der Waals surface area contributed by atoms with E-state index < -0.39 is 11.9 Å². The molecule has 0 spiro atoms. The van der Waals surface area contributed by atoms with Gasteiger partial charge in [-0.25, -0.2) is 4.79 Å². The van der Waals surface area contributed by atoms with E-state index >= 15 is 0 Å². The minimum Gasteiger partial charge on any atom is -0.490 e. The summed E-state index contributed by atoms with van der Waals surface area (Å²) >= 11 is 0. The van der Waals surface area contributed by atoms with Gasteiger partial charge in [0.05, 0.1) is 19.8 Å². The predicted octanol–water partition coefficient (Wildman–Crippen LogP) is 3.77. The normalized spacial score (nSPS) is 11.1. The molecule has 0 saturated carbocycles. The molecule has 2 aromatic carbocycles. The number of carbonyl (C=O) groups excluding carboxylic acids is 2. The van der Waals surface area contributed by atoms with Gasteiger partial charge in [0.25, 0.3) is 5.91 Å². The van der Waals surface area contributed by atoms with E-state index in [0.717, 1.165) is 5.56 Å². The first-order valence-corrected chi connectivity index (χ1v) is 10.8. The number of nitriles is 1. The maximum Gasteiger partial charge on any atom is 0.336 e. The van der Waals surface area contributed by atoms with E-state index in [1.54, 1.807) is 42.5 Å². The number of esters is 1. The van der Waals surface area contributed by atoms with E-state index in [9.17, 15) is 14.9 Å². The van der Waals surface area contributed by atoms with Crippen LogP contribution in [0.5, 0.6) is 17.2 Å². The van der Waals surface area contributed by atoms with Crippen molar-refractivity contribution in [1.82, 2.24) is 5.32 Å². The van der Waals surface area contributed by atoms with E-state index in [2.05, 4.69) is 5.32 Å². The fraction of sp³-hybridized carbons (Fsp3) is 0.269. The first-order chi connectivity index (χ1) is 16.5. The van der Waals surface area contributed by atoms with Crippen LogP contribution >= 0.6 is 0 Å². The highest BCUT2D eigenvalue weighted by molar-refractivity contribution is 6.01. The molecule has 0 fully saturated rings. The minimum atomic E-state index is -0.551. The Kier molecular flexibility index (Phi) is 10.9. The minimum absolute atomic E-state index is 0.0365. The number of amides is 1. The summed E-state index contributed by atoms with van der Waals surface area (Å²) in [4.78, 5) is 24.2. The lowest BCUT2D eigenvalue weighted by Gasteiger charge is -2.11.